The number of hydrogen-bond acceptors (Lipinski definition) is 6. The Labute approximate surface area is 441 Å². The number of carbonyl (C=O) groups excluding carboxylic acids is 3. The van der Waals surface area contributed by atoms with Gasteiger partial charge in [-0.1, -0.05) is 256 Å². The molecule has 0 aliphatic rings. The number of esters is 3. The van der Waals surface area contributed by atoms with Gasteiger partial charge in [0.2, 0.25) is 0 Å². The highest BCUT2D eigenvalue weighted by molar-refractivity contribution is 5.71. The van der Waals surface area contributed by atoms with E-state index in [1.165, 1.54) is 218 Å². The SMILES string of the molecule is CCCCCC/C=C\CCCCCCCC(=O)OCC(COC(=O)CCCCCCCCCCCCC/C=C\C/C=C\CCCCCCC)OC(=O)CCCCCCCCC/C=C\CCCCCCCC. The van der Waals surface area contributed by atoms with Gasteiger partial charge in [0.1, 0.15) is 13.2 Å². The second-order valence-corrected chi connectivity index (χ2v) is 21.0. The van der Waals surface area contributed by atoms with Crippen molar-refractivity contribution in [3.8, 4) is 0 Å². The van der Waals surface area contributed by atoms with E-state index in [1.54, 1.807) is 0 Å². The molecule has 0 aliphatic heterocycles. The summed E-state index contributed by atoms with van der Waals surface area (Å²) in [6.45, 7) is 6.64. The summed E-state index contributed by atoms with van der Waals surface area (Å²) in [7, 11) is 0. The fourth-order valence-electron chi connectivity index (χ4n) is 9.05. The van der Waals surface area contributed by atoms with Crippen LogP contribution in [0.15, 0.2) is 48.6 Å². The van der Waals surface area contributed by atoms with Gasteiger partial charge in [-0.15, -0.1) is 0 Å². The van der Waals surface area contributed by atoms with Crippen LogP contribution in [0.1, 0.15) is 329 Å². The zero-order chi connectivity index (χ0) is 51.4. The molecule has 6 heteroatoms. The average Bonchev–Trinajstić information content (AvgIpc) is 3.37. The fraction of sp³-hybridized carbons (Fsp3) is 0.831. The molecule has 1 atom stereocenters. The lowest BCUT2D eigenvalue weighted by molar-refractivity contribution is -0.167. The Kier molecular flexibility index (Phi) is 57.7. The first-order valence-electron chi connectivity index (χ1n) is 31.1. The lowest BCUT2D eigenvalue weighted by Crippen LogP contribution is -2.30. The Morgan fingerprint density at radius 3 is 0.803 bits per heavy atom. The standard InChI is InChI=1S/C65H118O6/c1-4-7-10-13-16-19-22-25-27-29-30-31-32-33-34-36-37-40-43-46-49-52-55-58-64(67)70-61-62(60-69-63(66)57-54-51-48-45-42-39-24-21-18-15-12-9-6-3)71-65(68)59-56-53-50-47-44-41-38-35-28-26-23-20-17-14-11-8-5-2/h21-22,24-26,28-30,62H,4-20,23,27,31-61H2,1-3H3/b24-21-,25-22-,28-26-,30-29-. The van der Waals surface area contributed by atoms with Gasteiger partial charge < -0.3 is 14.2 Å². The van der Waals surface area contributed by atoms with Crippen molar-refractivity contribution in [2.75, 3.05) is 13.2 Å². The molecular formula is C65H118O6. The zero-order valence-electron chi connectivity index (χ0n) is 47.5. The third kappa shape index (κ3) is 58.1. The van der Waals surface area contributed by atoms with Crippen molar-refractivity contribution in [3.05, 3.63) is 48.6 Å². The molecule has 0 aliphatic carbocycles. The molecule has 0 spiro atoms. The van der Waals surface area contributed by atoms with Crippen LogP contribution in [0.4, 0.5) is 0 Å². The third-order valence-electron chi connectivity index (χ3n) is 13.8. The highest BCUT2D eigenvalue weighted by atomic mass is 16.6. The molecule has 0 radical (unpaired) electrons. The maximum atomic E-state index is 12.9. The van der Waals surface area contributed by atoms with Crippen molar-refractivity contribution < 1.29 is 28.6 Å². The van der Waals surface area contributed by atoms with Gasteiger partial charge in [0.25, 0.3) is 0 Å². The first-order chi connectivity index (χ1) is 35.0. The normalized spacial score (nSPS) is 12.3. The van der Waals surface area contributed by atoms with Crippen LogP contribution >= 0.6 is 0 Å². The van der Waals surface area contributed by atoms with E-state index in [4.69, 9.17) is 14.2 Å². The number of carbonyl (C=O) groups is 3. The van der Waals surface area contributed by atoms with Crippen LogP contribution in [-0.2, 0) is 28.6 Å². The van der Waals surface area contributed by atoms with Gasteiger partial charge in [-0.25, -0.2) is 0 Å². The predicted molar refractivity (Wildman–Crippen MR) is 307 cm³/mol. The number of hydrogen-bond donors (Lipinski definition) is 0. The maximum Gasteiger partial charge on any atom is 0.306 e. The van der Waals surface area contributed by atoms with E-state index in [0.29, 0.717) is 19.3 Å². The third-order valence-corrected chi connectivity index (χ3v) is 13.8. The summed E-state index contributed by atoms with van der Waals surface area (Å²) >= 11 is 0. The summed E-state index contributed by atoms with van der Waals surface area (Å²) in [5, 5.41) is 0. The summed E-state index contributed by atoms with van der Waals surface area (Å²) in [5.74, 6) is -0.875. The molecule has 6 nitrogen and oxygen atoms in total. The van der Waals surface area contributed by atoms with E-state index in [1.807, 2.05) is 0 Å². The predicted octanol–water partition coefficient (Wildman–Crippen LogP) is 21.0. The molecule has 414 valence electrons. The lowest BCUT2D eigenvalue weighted by atomic mass is 10.0. The van der Waals surface area contributed by atoms with E-state index in [2.05, 4.69) is 69.4 Å². The van der Waals surface area contributed by atoms with Crippen molar-refractivity contribution in [1.82, 2.24) is 0 Å². The number of ether oxygens (including phenoxy) is 3. The van der Waals surface area contributed by atoms with Gasteiger partial charge in [-0.2, -0.15) is 0 Å². The average molecular weight is 996 g/mol. The first-order valence-corrected chi connectivity index (χ1v) is 31.1. The van der Waals surface area contributed by atoms with Crippen molar-refractivity contribution in [1.29, 1.82) is 0 Å². The van der Waals surface area contributed by atoms with E-state index in [-0.39, 0.29) is 31.1 Å². The topological polar surface area (TPSA) is 78.9 Å². The van der Waals surface area contributed by atoms with Crippen molar-refractivity contribution >= 4 is 17.9 Å². The smallest absolute Gasteiger partial charge is 0.306 e. The molecule has 0 N–H and O–H groups in total. The maximum absolute atomic E-state index is 12.9. The quantitative estimate of drug-likeness (QED) is 0.0261. The van der Waals surface area contributed by atoms with Gasteiger partial charge in [0.05, 0.1) is 0 Å². The lowest BCUT2D eigenvalue weighted by Gasteiger charge is -2.18. The molecule has 0 rings (SSSR count). The summed E-state index contributed by atoms with van der Waals surface area (Å²) < 4.78 is 16.9. The minimum absolute atomic E-state index is 0.0765. The molecule has 0 saturated carbocycles. The summed E-state index contributed by atoms with van der Waals surface area (Å²) in [4.78, 5) is 38.2. The van der Waals surface area contributed by atoms with Crippen LogP contribution in [0.5, 0.6) is 0 Å². The van der Waals surface area contributed by atoms with Crippen molar-refractivity contribution in [2.45, 2.75) is 335 Å². The van der Waals surface area contributed by atoms with Gasteiger partial charge in [-0.05, 0) is 103 Å². The minimum Gasteiger partial charge on any atom is -0.462 e. The molecule has 0 aromatic heterocycles. The second kappa shape index (κ2) is 59.9. The van der Waals surface area contributed by atoms with E-state index in [9.17, 15) is 14.4 Å². The Morgan fingerprint density at radius 2 is 0.507 bits per heavy atom. The molecule has 0 aromatic carbocycles. The van der Waals surface area contributed by atoms with Gasteiger partial charge in [0.15, 0.2) is 6.10 Å². The fourth-order valence-corrected chi connectivity index (χ4v) is 9.05. The highest BCUT2D eigenvalue weighted by Gasteiger charge is 2.19. The van der Waals surface area contributed by atoms with E-state index >= 15 is 0 Å². The van der Waals surface area contributed by atoms with Gasteiger partial charge in [-0.3, -0.25) is 14.4 Å². The second-order valence-electron chi connectivity index (χ2n) is 21.0. The van der Waals surface area contributed by atoms with Crippen molar-refractivity contribution in [3.63, 3.8) is 0 Å². The largest absolute Gasteiger partial charge is 0.462 e. The number of rotatable bonds is 57. The number of allylic oxidation sites excluding steroid dienone is 8. The molecule has 0 aromatic rings. The Balaban J connectivity index is 4.30. The molecule has 0 heterocycles. The first kappa shape index (κ1) is 68.4. The van der Waals surface area contributed by atoms with Gasteiger partial charge >= 0.3 is 17.9 Å². The Bertz CT molecular complexity index is 1230. The zero-order valence-corrected chi connectivity index (χ0v) is 47.5. The molecule has 0 bridgehead atoms. The molecule has 0 fully saturated rings. The molecule has 71 heavy (non-hydrogen) atoms. The Morgan fingerprint density at radius 1 is 0.282 bits per heavy atom. The van der Waals surface area contributed by atoms with Gasteiger partial charge in [0, 0.05) is 19.3 Å². The summed E-state index contributed by atoms with van der Waals surface area (Å²) in [6, 6.07) is 0. The van der Waals surface area contributed by atoms with Crippen LogP contribution < -0.4 is 0 Å². The monoisotopic (exact) mass is 995 g/mol. The van der Waals surface area contributed by atoms with Crippen LogP contribution in [0.2, 0.25) is 0 Å². The van der Waals surface area contributed by atoms with Crippen molar-refractivity contribution in [2.24, 2.45) is 0 Å². The molecule has 0 amide bonds. The van der Waals surface area contributed by atoms with Crippen LogP contribution in [0, 0.1) is 0 Å². The molecule has 1 unspecified atom stereocenters. The van der Waals surface area contributed by atoms with Crippen LogP contribution in [-0.4, -0.2) is 37.2 Å². The summed E-state index contributed by atoms with van der Waals surface area (Å²) in [6.07, 6.45) is 73.9. The Hall–Kier alpha value is -2.63. The molecular weight excluding hydrogens is 877 g/mol. The highest BCUT2D eigenvalue weighted by Crippen LogP contribution is 2.16. The van der Waals surface area contributed by atoms with Crippen LogP contribution in [0.25, 0.3) is 0 Å². The van der Waals surface area contributed by atoms with E-state index in [0.717, 1.165) is 70.6 Å². The molecule has 0 saturated heterocycles. The van der Waals surface area contributed by atoms with Crippen LogP contribution in [0.3, 0.4) is 0 Å². The summed E-state index contributed by atoms with van der Waals surface area (Å²) in [5.41, 5.74) is 0. The van der Waals surface area contributed by atoms with E-state index < -0.39 is 6.10 Å². The number of unbranched alkanes of at least 4 members (excludes halogenated alkanes) is 38. The minimum atomic E-state index is -0.779.